The number of para-hydroxylation sites is 2. The minimum absolute atomic E-state index is 0.0680. The molecule has 2 aromatic heterocycles. The van der Waals surface area contributed by atoms with Gasteiger partial charge in [-0.1, -0.05) is 62.4 Å². The Morgan fingerprint density at radius 3 is 1.78 bits per heavy atom. The molecular formula is C41H49N7O6. The van der Waals surface area contributed by atoms with Crippen molar-refractivity contribution in [3.63, 3.8) is 0 Å². The maximum absolute atomic E-state index is 12.3. The topological polar surface area (TPSA) is 148 Å². The maximum atomic E-state index is 12.3. The molecule has 3 aromatic carbocycles. The number of hydrogen-bond donors (Lipinski definition) is 4. The predicted octanol–water partition coefficient (Wildman–Crippen LogP) is 5.53. The second-order valence-electron chi connectivity index (χ2n) is 14.3. The zero-order valence-corrected chi connectivity index (χ0v) is 31.3. The van der Waals surface area contributed by atoms with Crippen molar-refractivity contribution in [3.8, 4) is 11.5 Å². The molecule has 13 heteroatoms. The van der Waals surface area contributed by atoms with Crippen molar-refractivity contribution in [1.29, 1.82) is 0 Å². The lowest BCUT2D eigenvalue weighted by Gasteiger charge is -2.34. The van der Waals surface area contributed by atoms with Crippen molar-refractivity contribution < 1.29 is 19.1 Å². The van der Waals surface area contributed by atoms with E-state index in [1.165, 1.54) is 15.6 Å². The molecule has 4 amide bonds. The van der Waals surface area contributed by atoms with Gasteiger partial charge in [0.05, 0.1) is 17.9 Å². The quantitative estimate of drug-likeness (QED) is 0.153. The molecule has 3 unspecified atom stereocenters. The van der Waals surface area contributed by atoms with Crippen molar-refractivity contribution in [3.05, 3.63) is 106 Å². The van der Waals surface area contributed by atoms with Gasteiger partial charge in [-0.05, 0) is 55.5 Å². The number of rotatable bonds is 8. The number of aromatic nitrogens is 2. The number of likely N-dealkylation sites (tertiary alicyclic amines) is 1. The Labute approximate surface area is 314 Å². The smallest absolute Gasteiger partial charge is 0.319 e. The highest BCUT2D eigenvalue weighted by atomic mass is 16.6. The number of urea groups is 2. The lowest BCUT2D eigenvalue weighted by molar-refractivity contribution is 0.0922. The molecule has 0 saturated carbocycles. The number of nitrogens with one attached hydrogen (secondary N) is 4. The second kappa shape index (κ2) is 17.3. The van der Waals surface area contributed by atoms with E-state index in [1.54, 1.807) is 50.8 Å². The van der Waals surface area contributed by atoms with Gasteiger partial charge >= 0.3 is 12.1 Å². The third-order valence-electron chi connectivity index (χ3n) is 9.62. The van der Waals surface area contributed by atoms with Gasteiger partial charge in [-0.2, -0.15) is 0 Å². The number of nitrogens with zero attached hydrogens (tertiary/aromatic N) is 3. The van der Waals surface area contributed by atoms with Crippen LogP contribution < -0.4 is 41.9 Å². The van der Waals surface area contributed by atoms with Crippen molar-refractivity contribution in [2.45, 2.75) is 32.8 Å². The molecule has 1 fully saturated rings. The Kier molecular flexibility index (Phi) is 12.2. The molecule has 5 aromatic rings. The van der Waals surface area contributed by atoms with E-state index in [-0.39, 0.29) is 29.3 Å². The van der Waals surface area contributed by atoms with E-state index in [4.69, 9.17) is 9.47 Å². The Morgan fingerprint density at radius 1 is 0.704 bits per heavy atom. The molecule has 13 nitrogen and oxygen atoms in total. The summed E-state index contributed by atoms with van der Waals surface area (Å²) in [5.41, 5.74) is 1.03. The fourth-order valence-electron chi connectivity index (χ4n) is 7.21. The molecule has 3 atom stereocenters. The summed E-state index contributed by atoms with van der Waals surface area (Å²) in [6.07, 6.45) is 5.25. The van der Waals surface area contributed by atoms with Crippen LogP contribution in [0.3, 0.4) is 0 Å². The predicted molar refractivity (Wildman–Crippen MR) is 213 cm³/mol. The fourth-order valence-corrected chi connectivity index (χ4v) is 7.21. The molecule has 7 rings (SSSR count). The van der Waals surface area contributed by atoms with Crippen LogP contribution in [0.25, 0.3) is 21.5 Å². The molecule has 284 valence electrons. The molecule has 2 aliphatic rings. The highest BCUT2D eigenvalue weighted by molar-refractivity contribution is 6.01. The van der Waals surface area contributed by atoms with Gasteiger partial charge in [0.25, 0.3) is 11.1 Å². The number of fused-ring (bicyclic) bond motifs is 3. The summed E-state index contributed by atoms with van der Waals surface area (Å²) < 4.78 is 14.4. The Bertz CT molecular complexity index is 2220. The van der Waals surface area contributed by atoms with E-state index in [0.717, 1.165) is 43.3 Å². The first-order valence-electron chi connectivity index (χ1n) is 18.4. The summed E-state index contributed by atoms with van der Waals surface area (Å²) in [6.45, 7) is 9.23. The summed E-state index contributed by atoms with van der Waals surface area (Å²) in [5, 5.41) is 14.0. The van der Waals surface area contributed by atoms with Gasteiger partial charge in [-0.15, -0.1) is 0 Å². The average Bonchev–Trinajstić information content (AvgIpc) is 3.16. The standard InChI is InChI=1S/C21H30N4O2.C20H19N3O4/c1-15-11-16(2)13-25(12-15)10-6-9-22-21(27)23-19-14-24(3)20(26)18-8-5-4-7-17(18)19;1-23-11-16(14-6-2-3-7-15(14)19(23)24)22-20(25)21-10-13-12-26-17-8-4-5-9-18(17)27-13/h4-5,7-8,14-16H,6,9-13H2,1-3H3,(H2,22,23,27);2-9,11,13H,10,12H2,1H3,(H2,21,22,25). The first-order chi connectivity index (χ1) is 26.0. The van der Waals surface area contributed by atoms with Gasteiger partial charge in [-0.25, -0.2) is 9.59 Å². The number of piperidine rings is 1. The number of pyridine rings is 2. The molecule has 4 heterocycles. The number of aryl methyl sites for hydroxylation is 2. The number of carbonyl (C=O) groups is 2. The van der Waals surface area contributed by atoms with E-state index in [1.807, 2.05) is 48.5 Å². The first kappa shape index (κ1) is 37.9. The molecule has 1 saturated heterocycles. The van der Waals surface area contributed by atoms with E-state index >= 15 is 0 Å². The number of ether oxygens (including phenoxy) is 2. The lowest BCUT2D eigenvalue weighted by atomic mass is 9.92. The zero-order chi connectivity index (χ0) is 38.2. The number of benzene rings is 3. The van der Waals surface area contributed by atoms with Crippen LogP contribution in [-0.2, 0) is 14.1 Å². The monoisotopic (exact) mass is 735 g/mol. The van der Waals surface area contributed by atoms with Crippen LogP contribution >= 0.6 is 0 Å². The summed E-state index contributed by atoms with van der Waals surface area (Å²) in [6, 6.07) is 21.3. The number of amides is 4. The molecule has 0 radical (unpaired) electrons. The lowest BCUT2D eigenvalue weighted by Crippen LogP contribution is -2.42. The van der Waals surface area contributed by atoms with Crippen LogP contribution in [0.15, 0.2) is 94.8 Å². The third-order valence-corrected chi connectivity index (χ3v) is 9.62. The van der Waals surface area contributed by atoms with Gasteiger partial charge in [0.15, 0.2) is 17.6 Å². The van der Waals surface area contributed by atoms with Crippen LogP contribution in [0.4, 0.5) is 21.0 Å². The van der Waals surface area contributed by atoms with Gasteiger partial charge in [-0.3, -0.25) is 9.59 Å². The Hall–Kier alpha value is -5.82. The van der Waals surface area contributed by atoms with Crippen LogP contribution in [0.2, 0.25) is 0 Å². The zero-order valence-electron chi connectivity index (χ0n) is 31.3. The average molecular weight is 736 g/mol. The minimum Gasteiger partial charge on any atom is -0.486 e. The van der Waals surface area contributed by atoms with Crippen LogP contribution in [0.1, 0.15) is 26.7 Å². The maximum Gasteiger partial charge on any atom is 0.319 e. The van der Waals surface area contributed by atoms with Gasteiger partial charge in [0.2, 0.25) is 0 Å². The van der Waals surface area contributed by atoms with Crippen molar-refractivity contribution in [2.24, 2.45) is 25.9 Å². The normalized spacial score (nSPS) is 18.0. The van der Waals surface area contributed by atoms with Crippen molar-refractivity contribution in [1.82, 2.24) is 24.7 Å². The van der Waals surface area contributed by atoms with E-state index in [9.17, 15) is 19.2 Å². The van der Waals surface area contributed by atoms with E-state index in [0.29, 0.717) is 58.7 Å². The molecule has 0 bridgehead atoms. The van der Waals surface area contributed by atoms with E-state index < -0.39 is 0 Å². The van der Waals surface area contributed by atoms with Crippen LogP contribution in [-0.4, -0.2) is 71.5 Å². The third kappa shape index (κ3) is 9.39. The Balaban J connectivity index is 0.000000184. The largest absolute Gasteiger partial charge is 0.486 e. The fraction of sp³-hybridized carbons (Fsp3) is 0.366. The van der Waals surface area contributed by atoms with Crippen LogP contribution in [0.5, 0.6) is 11.5 Å². The molecule has 4 N–H and O–H groups in total. The number of hydrogen-bond acceptors (Lipinski definition) is 7. The number of carbonyl (C=O) groups excluding carboxylic acids is 2. The van der Waals surface area contributed by atoms with Crippen LogP contribution in [0, 0.1) is 11.8 Å². The molecule has 0 aliphatic carbocycles. The second-order valence-corrected chi connectivity index (χ2v) is 14.3. The van der Waals surface area contributed by atoms with Crippen molar-refractivity contribution in [2.75, 3.05) is 50.0 Å². The van der Waals surface area contributed by atoms with Crippen molar-refractivity contribution >= 4 is 45.0 Å². The molecule has 54 heavy (non-hydrogen) atoms. The Morgan fingerprint density at radius 2 is 1.20 bits per heavy atom. The molecule has 2 aliphatic heterocycles. The summed E-state index contributed by atoms with van der Waals surface area (Å²) in [7, 11) is 3.35. The summed E-state index contributed by atoms with van der Waals surface area (Å²) in [5.74, 6) is 2.88. The van der Waals surface area contributed by atoms with E-state index in [2.05, 4.69) is 40.0 Å². The molecule has 0 spiro atoms. The van der Waals surface area contributed by atoms with Gasteiger partial charge in [0, 0.05) is 67.7 Å². The minimum atomic E-state index is -0.374. The summed E-state index contributed by atoms with van der Waals surface area (Å²) >= 11 is 0. The SMILES string of the molecule is CC1CC(C)CN(CCCNC(=O)Nc2cn(C)c(=O)c3ccccc23)C1.Cn1cc(NC(=O)NCC2COc3ccccc3O2)c2ccccc2c1=O. The van der Waals surface area contributed by atoms with Gasteiger partial charge < -0.3 is 44.8 Å². The summed E-state index contributed by atoms with van der Waals surface area (Å²) in [4.78, 5) is 51.5. The van der Waals surface area contributed by atoms with Gasteiger partial charge in [0.1, 0.15) is 6.61 Å². The number of anilines is 2. The highest BCUT2D eigenvalue weighted by Gasteiger charge is 2.22. The molecular weight excluding hydrogens is 686 g/mol. The first-order valence-corrected chi connectivity index (χ1v) is 18.4. The highest BCUT2D eigenvalue weighted by Crippen LogP contribution is 2.30.